The van der Waals surface area contributed by atoms with Crippen LogP contribution in [0.4, 0.5) is 0 Å². The molecule has 0 saturated heterocycles. The lowest BCUT2D eigenvalue weighted by Crippen LogP contribution is -2.32. The summed E-state index contributed by atoms with van der Waals surface area (Å²) in [5.41, 5.74) is 10.6. The molecule has 0 radical (unpaired) electrons. The van der Waals surface area contributed by atoms with E-state index in [9.17, 15) is 0 Å². The summed E-state index contributed by atoms with van der Waals surface area (Å²) in [6.45, 7) is 6.48. The number of nitrogens with two attached hydrogens (primary N) is 1. The maximum atomic E-state index is 6.08. The third-order valence-electron chi connectivity index (χ3n) is 3.59. The number of aryl methyl sites for hydroxylation is 2. The van der Waals surface area contributed by atoms with E-state index in [-0.39, 0.29) is 6.04 Å². The van der Waals surface area contributed by atoms with E-state index in [4.69, 9.17) is 5.73 Å². The van der Waals surface area contributed by atoms with E-state index in [0.717, 1.165) is 0 Å². The molecular weight excluding hydrogens is 170 g/mol. The lowest BCUT2D eigenvalue weighted by molar-refractivity contribution is 0.553. The fourth-order valence-corrected chi connectivity index (χ4v) is 2.38. The van der Waals surface area contributed by atoms with Crippen molar-refractivity contribution in [3.63, 3.8) is 0 Å². The monoisotopic (exact) mass is 189 g/mol. The molecule has 1 nitrogen and oxygen atoms in total. The van der Waals surface area contributed by atoms with Crippen LogP contribution in [0.3, 0.4) is 0 Å². The Balaban J connectivity index is 2.46. The molecule has 1 aliphatic carbocycles. The predicted molar refractivity (Wildman–Crippen MR) is 60.5 cm³/mol. The van der Waals surface area contributed by atoms with Crippen LogP contribution in [-0.2, 0) is 5.41 Å². The van der Waals surface area contributed by atoms with E-state index in [1.54, 1.807) is 0 Å². The highest BCUT2D eigenvalue weighted by Crippen LogP contribution is 2.51. The minimum atomic E-state index is 0.281. The van der Waals surface area contributed by atoms with Crippen LogP contribution in [0.25, 0.3) is 0 Å². The highest BCUT2D eigenvalue weighted by Gasteiger charge is 2.48. The molecule has 1 unspecified atom stereocenters. The van der Waals surface area contributed by atoms with Gasteiger partial charge in [-0.15, -0.1) is 0 Å². The van der Waals surface area contributed by atoms with Crippen LogP contribution in [-0.4, -0.2) is 6.04 Å². The second-order valence-electron chi connectivity index (χ2n) is 4.76. The highest BCUT2D eigenvalue weighted by atomic mass is 14.7. The molecule has 1 fully saturated rings. The summed E-state index contributed by atoms with van der Waals surface area (Å²) < 4.78 is 0. The zero-order valence-electron chi connectivity index (χ0n) is 9.30. The smallest absolute Gasteiger partial charge is 0.0108 e. The van der Waals surface area contributed by atoms with Gasteiger partial charge in [-0.3, -0.25) is 0 Å². The number of benzene rings is 1. The SMILES string of the molecule is Cc1ccc(C)c(C2(C(C)N)CC2)c1. The Kier molecular flexibility index (Phi) is 2.15. The van der Waals surface area contributed by atoms with Crippen LogP contribution in [0, 0.1) is 13.8 Å². The van der Waals surface area contributed by atoms with Crippen molar-refractivity contribution in [3.05, 3.63) is 34.9 Å². The Labute approximate surface area is 86.3 Å². The lowest BCUT2D eigenvalue weighted by Gasteiger charge is -2.22. The molecule has 76 valence electrons. The van der Waals surface area contributed by atoms with E-state index in [1.807, 2.05) is 0 Å². The van der Waals surface area contributed by atoms with Crippen molar-refractivity contribution in [1.82, 2.24) is 0 Å². The van der Waals surface area contributed by atoms with Crippen molar-refractivity contribution < 1.29 is 0 Å². The van der Waals surface area contributed by atoms with Crippen molar-refractivity contribution >= 4 is 0 Å². The van der Waals surface area contributed by atoms with Gasteiger partial charge in [-0.25, -0.2) is 0 Å². The third kappa shape index (κ3) is 1.36. The molecule has 1 aliphatic rings. The Morgan fingerprint density at radius 3 is 2.43 bits per heavy atom. The Morgan fingerprint density at radius 1 is 1.29 bits per heavy atom. The molecule has 14 heavy (non-hydrogen) atoms. The van der Waals surface area contributed by atoms with Crippen LogP contribution in [0.1, 0.15) is 36.5 Å². The molecule has 0 aromatic heterocycles. The summed E-state index contributed by atoms with van der Waals surface area (Å²) >= 11 is 0. The standard InChI is InChI=1S/C13H19N/c1-9-4-5-10(2)12(8-9)13(6-7-13)11(3)14/h4-5,8,11H,6-7,14H2,1-3H3. The Bertz CT molecular complexity index is 348. The average Bonchev–Trinajstić information content (AvgIpc) is 2.90. The van der Waals surface area contributed by atoms with Crippen LogP contribution in [0.2, 0.25) is 0 Å². The summed E-state index contributed by atoms with van der Waals surface area (Å²) in [6, 6.07) is 6.98. The molecule has 0 spiro atoms. The lowest BCUT2D eigenvalue weighted by atomic mass is 9.85. The maximum absolute atomic E-state index is 6.08. The Morgan fingerprint density at radius 2 is 1.93 bits per heavy atom. The maximum Gasteiger partial charge on any atom is 0.0108 e. The highest BCUT2D eigenvalue weighted by molar-refractivity contribution is 5.41. The second kappa shape index (κ2) is 3.09. The van der Waals surface area contributed by atoms with E-state index in [1.165, 1.54) is 29.5 Å². The predicted octanol–water partition coefficient (Wildman–Crippen LogP) is 2.68. The van der Waals surface area contributed by atoms with Crippen molar-refractivity contribution in [2.24, 2.45) is 5.73 Å². The van der Waals surface area contributed by atoms with Crippen LogP contribution in [0.5, 0.6) is 0 Å². The van der Waals surface area contributed by atoms with Gasteiger partial charge in [-0.05, 0) is 44.7 Å². The van der Waals surface area contributed by atoms with Crippen LogP contribution < -0.4 is 5.73 Å². The van der Waals surface area contributed by atoms with Gasteiger partial charge in [-0.2, -0.15) is 0 Å². The van der Waals surface area contributed by atoms with E-state index in [2.05, 4.69) is 39.0 Å². The normalized spacial score (nSPS) is 20.6. The molecule has 0 amide bonds. The molecule has 2 N–H and O–H groups in total. The molecule has 0 heterocycles. The fourth-order valence-electron chi connectivity index (χ4n) is 2.38. The second-order valence-corrected chi connectivity index (χ2v) is 4.76. The van der Waals surface area contributed by atoms with E-state index >= 15 is 0 Å². The van der Waals surface area contributed by atoms with Crippen molar-refractivity contribution in [3.8, 4) is 0 Å². The summed E-state index contributed by atoms with van der Waals surface area (Å²) in [6.07, 6.45) is 2.52. The van der Waals surface area contributed by atoms with Crippen LogP contribution >= 0.6 is 0 Å². The number of hydrogen-bond donors (Lipinski definition) is 1. The van der Waals surface area contributed by atoms with Crippen LogP contribution in [0.15, 0.2) is 18.2 Å². The molecular formula is C13H19N. The van der Waals surface area contributed by atoms with Gasteiger partial charge in [0.25, 0.3) is 0 Å². The molecule has 1 atom stereocenters. The number of rotatable bonds is 2. The largest absolute Gasteiger partial charge is 0.327 e. The molecule has 0 aliphatic heterocycles. The quantitative estimate of drug-likeness (QED) is 0.760. The molecule has 1 saturated carbocycles. The minimum Gasteiger partial charge on any atom is -0.327 e. The van der Waals surface area contributed by atoms with Gasteiger partial charge in [0.1, 0.15) is 0 Å². The number of hydrogen-bond acceptors (Lipinski definition) is 1. The average molecular weight is 189 g/mol. The third-order valence-corrected chi connectivity index (χ3v) is 3.59. The van der Waals surface area contributed by atoms with Gasteiger partial charge in [0.05, 0.1) is 0 Å². The van der Waals surface area contributed by atoms with Gasteiger partial charge in [-0.1, -0.05) is 23.8 Å². The minimum absolute atomic E-state index is 0.281. The first-order valence-corrected chi connectivity index (χ1v) is 5.39. The fraction of sp³-hybridized carbons (Fsp3) is 0.538. The summed E-state index contributed by atoms with van der Waals surface area (Å²) in [7, 11) is 0. The zero-order valence-corrected chi connectivity index (χ0v) is 9.30. The van der Waals surface area contributed by atoms with Gasteiger partial charge < -0.3 is 5.73 Å². The van der Waals surface area contributed by atoms with Crippen molar-refractivity contribution in [2.75, 3.05) is 0 Å². The molecule has 1 aromatic carbocycles. The topological polar surface area (TPSA) is 26.0 Å². The van der Waals surface area contributed by atoms with Gasteiger partial charge in [0.2, 0.25) is 0 Å². The van der Waals surface area contributed by atoms with E-state index in [0.29, 0.717) is 5.41 Å². The van der Waals surface area contributed by atoms with Gasteiger partial charge in [0.15, 0.2) is 0 Å². The first kappa shape index (κ1) is 9.72. The summed E-state index contributed by atoms with van der Waals surface area (Å²) in [5.74, 6) is 0. The van der Waals surface area contributed by atoms with E-state index < -0.39 is 0 Å². The van der Waals surface area contributed by atoms with Gasteiger partial charge >= 0.3 is 0 Å². The van der Waals surface area contributed by atoms with Crippen molar-refractivity contribution in [2.45, 2.75) is 45.1 Å². The molecule has 2 rings (SSSR count). The first-order valence-electron chi connectivity index (χ1n) is 5.39. The van der Waals surface area contributed by atoms with Crippen molar-refractivity contribution in [1.29, 1.82) is 0 Å². The molecule has 1 aromatic rings. The first-order chi connectivity index (χ1) is 6.56. The zero-order chi connectivity index (χ0) is 10.3. The molecule has 1 heteroatoms. The molecule has 0 bridgehead atoms. The summed E-state index contributed by atoms with van der Waals surface area (Å²) in [4.78, 5) is 0. The Hall–Kier alpha value is -0.820. The summed E-state index contributed by atoms with van der Waals surface area (Å²) in [5, 5.41) is 0. The van der Waals surface area contributed by atoms with Gasteiger partial charge in [0, 0.05) is 11.5 Å².